The minimum absolute atomic E-state index is 0. The number of halogens is 5. The first-order valence-corrected chi connectivity index (χ1v) is 15.9. The van der Waals surface area contributed by atoms with Gasteiger partial charge < -0.3 is 12.4 Å². The van der Waals surface area contributed by atoms with E-state index < -0.39 is 34.6 Å². The fourth-order valence-corrected chi connectivity index (χ4v) is 11.7. The molecule has 1 aromatic heterocycles. The van der Waals surface area contributed by atoms with Crippen molar-refractivity contribution in [1.82, 2.24) is 4.98 Å². The Labute approximate surface area is 266 Å². The first kappa shape index (κ1) is 30.5. The monoisotopic (exact) mass is 651 g/mol. The van der Waals surface area contributed by atoms with Gasteiger partial charge in [0.05, 0.1) is 11.3 Å². The van der Waals surface area contributed by atoms with Gasteiger partial charge in [-0.3, -0.25) is 4.99 Å². The summed E-state index contributed by atoms with van der Waals surface area (Å²) in [5.41, 5.74) is 1.08. The molecule has 0 atom stereocenters. The molecule has 9 aliphatic rings. The van der Waals surface area contributed by atoms with Crippen LogP contribution >= 0.6 is 0 Å². The second-order valence-corrected chi connectivity index (χ2v) is 15.1. The molecule has 235 valence electrons. The van der Waals surface area contributed by atoms with E-state index in [-0.39, 0.29) is 52.0 Å². The molecule has 1 aromatic carbocycles. The molecule has 8 fully saturated rings. The first-order chi connectivity index (χ1) is 20.2. The summed E-state index contributed by atoms with van der Waals surface area (Å²) in [6.45, 7) is 0. The van der Waals surface area contributed by atoms with Crippen LogP contribution in [0.3, 0.4) is 0 Å². The van der Waals surface area contributed by atoms with Crippen molar-refractivity contribution >= 4 is 11.3 Å². The smallest absolute Gasteiger partial charge is 0.660 e. The molecule has 0 unspecified atom stereocenters. The predicted molar refractivity (Wildman–Crippen MR) is 155 cm³/mol. The van der Waals surface area contributed by atoms with Gasteiger partial charge >= 0.3 is 16.8 Å². The van der Waals surface area contributed by atoms with Gasteiger partial charge in [0, 0.05) is 11.1 Å². The third kappa shape index (κ3) is 4.32. The van der Waals surface area contributed by atoms with Crippen molar-refractivity contribution in [2.45, 2.75) is 82.5 Å². The van der Waals surface area contributed by atoms with Crippen molar-refractivity contribution in [2.24, 2.45) is 45.9 Å². The second-order valence-electron chi connectivity index (χ2n) is 15.1. The van der Waals surface area contributed by atoms with Crippen molar-refractivity contribution in [2.75, 3.05) is 0 Å². The molecule has 1 radical (unpaired) electrons. The van der Waals surface area contributed by atoms with E-state index in [0.29, 0.717) is 35.5 Å². The van der Waals surface area contributed by atoms with Gasteiger partial charge in [-0.15, -0.1) is 5.69 Å². The molecular weight excluding hydrogens is 614 g/mol. The molecule has 0 N–H and O–H groups in total. The second kappa shape index (κ2) is 10.4. The van der Waals surface area contributed by atoms with Gasteiger partial charge in [0.1, 0.15) is 0 Å². The van der Waals surface area contributed by atoms with Crippen molar-refractivity contribution in [3.8, 4) is 0 Å². The molecular formula is C36H37CoF5N2. The standard InChI is InChI=1S/C35H34F5N2.CH3.Co/c36-29-28(30(37)32(39)33(40)31(29)38)27(23-1-3-25(41-23)34-11-17-5-18(12-34)7-19(6-17)13-34)24-2-4-26(42-24)35-14-20-8-21(15-35)10-22(9-20)16-35;;/h1-4,17-22H,5-16H2;1H3;/q2*-1;+2. The molecule has 0 spiro atoms. The van der Waals surface area contributed by atoms with E-state index in [1.54, 1.807) is 12.1 Å². The molecule has 1 aliphatic heterocycles. The van der Waals surface area contributed by atoms with Gasteiger partial charge in [0.25, 0.3) is 0 Å². The maximum atomic E-state index is 15.5. The zero-order valence-corrected chi connectivity index (χ0v) is 25.9. The van der Waals surface area contributed by atoms with Gasteiger partial charge in [-0.2, -0.15) is 5.69 Å². The third-order valence-corrected chi connectivity index (χ3v) is 12.4. The summed E-state index contributed by atoms with van der Waals surface area (Å²) in [7, 11) is 0. The number of nitrogens with zero attached hydrogens (tertiary/aromatic N) is 2. The van der Waals surface area contributed by atoms with E-state index in [9.17, 15) is 13.2 Å². The molecule has 2 nitrogen and oxygen atoms in total. The molecule has 8 bridgehead atoms. The maximum absolute atomic E-state index is 15.5. The number of allylic oxidation sites excluding steroid dienone is 2. The van der Waals surface area contributed by atoms with E-state index in [4.69, 9.17) is 9.98 Å². The van der Waals surface area contributed by atoms with Crippen molar-refractivity contribution in [3.63, 3.8) is 0 Å². The van der Waals surface area contributed by atoms with Crippen LogP contribution in [0.5, 0.6) is 0 Å². The predicted octanol–water partition coefficient (Wildman–Crippen LogP) is 9.24. The summed E-state index contributed by atoms with van der Waals surface area (Å²) in [5, 5.41) is 0. The van der Waals surface area contributed by atoms with E-state index in [2.05, 4.69) is 0 Å². The number of aromatic nitrogens is 1. The van der Waals surface area contributed by atoms with Crippen molar-refractivity contribution in [1.29, 1.82) is 0 Å². The Morgan fingerprint density at radius 2 is 1.05 bits per heavy atom. The van der Waals surface area contributed by atoms with E-state index in [1.807, 2.05) is 12.1 Å². The van der Waals surface area contributed by atoms with Gasteiger partial charge in [-0.25, -0.2) is 22.0 Å². The number of hydrogen-bond donors (Lipinski definition) is 0. The summed E-state index contributed by atoms with van der Waals surface area (Å²) in [6.07, 6.45) is 17.5. The summed E-state index contributed by atoms with van der Waals surface area (Å²) in [5.74, 6) is -5.65. The Balaban J connectivity index is 0.00000156. The fraction of sp³-hybridized carbons (Fsp3) is 0.556. The molecule has 0 saturated heterocycles. The van der Waals surface area contributed by atoms with Gasteiger partial charge in [-0.1, -0.05) is 12.1 Å². The largest absolute Gasteiger partial charge is 2.00 e. The third-order valence-electron chi connectivity index (χ3n) is 12.4. The van der Waals surface area contributed by atoms with Crippen LogP contribution in [0.2, 0.25) is 0 Å². The number of benzene rings is 1. The molecule has 44 heavy (non-hydrogen) atoms. The Bertz CT molecular complexity index is 1520. The zero-order chi connectivity index (χ0) is 28.5. The number of aliphatic imine (C=N–C) groups is 1. The Kier molecular flexibility index (Phi) is 7.21. The quantitative estimate of drug-likeness (QED) is 0.140. The molecule has 8 heteroatoms. The molecule has 11 rings (SSSR count). The minimum Gasteiger partial charge on any atom is -0.660 e. The average molecular weight is 652 g/mol. The molecule has 0 amide bonds. The van der Waals surface area contributed by atoms with Crippen LogP contribution in [0.25, 0.3) is 5.57 Å². The van der Waals surface area contributed by atoms with Crippen molar-refractivity contribution in [3.05, 3.63) is 83.4 Å². The summed E-state index contributed by atoms with van der Waals surface area (Å²) in [4.78, 5) is 9.94. The van der Waals surface area contributed by atoms with Crippen LogP contribution in [0.15, 0.2) is 35.0 Å². The summed E-state index contributed by atoms with van der Waals surface area (Å²) >= 11 is 0. The van der Waals surface area contributed by atoms with E-state index in [0.717, 1.165) is 49.9 Å². The number of rotatable bonds is 4. The Morgan fingerprint density at radius 1 is 0.614 bits per heavy atom. The normalized spacial score (nSPS) is 38.5. The van der Waals surface area contributed by atoms with Crippen LogP contribution in [0.1, 0.15) is 94.0 Å². The molecule has 8 aliphatic carbocycles. The topological polar surface area (TPSA) is 26.5 Å². The maximum Gasteiger partial charge on any atom is 2.00 e. The van der Waals surface area contributed by atoms with Crippen LogP contribution in [-0.4, -0.2) is 5.71 Å². The van der Waals surface area contributed by atoms with E-state index >= 15 is 8.78 Å². The van der Waals surface area contributed by atoms with Crippen LogP contribution in [0, 0.1) is 77.4 Å². The van der Waals surface area contributed by atoms with Crippen LogP contribution in [-0.2, 0) is 22.2 Å². The van der Waals surface area contributed by atoms with Crippen LogP contribution in [0.4, 0.5) is 22.0 Å². The first-order valence-electron chi connectivity index (χ1n) is 15.9. The Morgan fingerprint density at radius 3 is 1.52 bits per heavy atom. The van der Waals surface area contributed by atoms with Gasteiger partial charge in [0.15, 0.2) is 23.3 Å². The summed E-state index contributed by atoms with van der Waals surface area (Å²) < 4.78 is 74.3. The number of hydrogen-bond acceptors (Lipinski definition) is 1. The van der Waals surface area contributed by atoms with Gasteiger partial charge in [0.2, 0.25) is 5.82 Å². The minimum atomic E-state index is -2.15. The van der Waals surface area contributed by atoms with Crippen LogP contribution < -0.4 is 4.98 Å². The zero-order valence-electron chi connectivity index (χ0n) is 24.9. The molecule has 2 heterocycles. The average Bonchev–Trinajstić information content (AvgIpc) is 3.63. The molecule has 2 aromatic rings. The van der Waals surface area contributed by atoms with Crippen molar-refractivity contribution < 1.29 is 38.7 Å². The van der Waals surface area contributed by atoms with Gasteiger partial charge in [-0.05, 0) is 136 Å². The Hall–Kier alpha value is -2.19. The van der Waals surface area contributed by atoms with E-state index in [1.165, 1.54) is 38.5 Å². The SMILES string of the molecule is Fc1c(F)c(F)c(C(=C2C=CC(C34CC5CC(CC(C5)C3)C4)=N2)c2ccc(C34CC5CC(CC(C5)C3)C4)[n-]2)c(F)c1F.[CH3-].[Co+2]. The summed E-state index contributed by atoms with van der Waals surface area (Å²) in [6, 6.07) is 3.64. The fourth-order valence-electron chi connectivity index (χ4n) is 11.7. The molecule has 8 saturated carbocycles.